The van der Waals surface area contributed by atoms with Gasteiger partial charge in [-0.3, -0.25) is 0 Å². The van der Waals surface area contributed by atoms with Crippen molar-refractivity contribution in [1.29, 1.82) is 0 Å². The summed E-state index contributed by atoms with van der Waals surface area (Å²) in [6, 6.07) is 4.24. The molecule has 0 amide bonds. The molecule has 16 heavy (non-hydrogen) atoms. The average Bonchev–Trinajstić information content (AvgIpc) is 2.77. The van der Waals surface area contributed by atoms with E-state index < -0.39 is 0 Å². The molecule has 1 atom stereocenters. The molecule has 3 heteroatoms. The number of aliphatic hydroxyl groups excluding tert-OH is 1. The molecule has 1 aliphatic heterocycles. The van der Waals surface area contributed by atoms with Crippen LogP contribution < -0.4 is 4.90 Å². The molecule has 1 aromatic heterocycles. The Morgan fingerprint density at radius 1 is 1.50 bits per heavy atom. The van der Waals surface area contributed by atoms with Crippen LogP contribution in [0.2, 0.25) is 0 Å². The van der Waals surface area contributed by atoms with Crippen molar-refractivity contribution in [1.82, 2.24) is 4.98 Å². The van der Waals surface area contributed by atoms with Gasteiger partial charge in [0.15, 0.2) is 0 Å². The predicted molar refractivity (Wildman–Crippen MR) is 65.7 cm³/mol. The van der Waals surface area contributed by atoms with Gasteiger partial charge in [0.05, 0.1) is 0 Å². The van der Waals surface area contributed by atoms with Gasteiger partial charge in [-0.05, 0) is 24.0 Å². The van der Waals surface area contributed by atoms with Gasteiger partial charge in [-0.2, -0.15) is 0 Å². The van der Waals surface area contributed by atoms with E-state index in [1.807, 2.05) is 6.20 Å². The van der Waals surface area contributed by atoms with Gasteiger partial charge in [0.2, 0.25) is 0 Å². The maximum Gasteiger partial charge on any atom is 0.128 e. The van der Waals surface area contributed by atoms with E-state index in [1.54, 1.807) is 0 Å². The van der Waals surface area contributed by atoms with E-state index in [0.29, 0.717) is 18.4 Å². The largest absolute Gasteiger partial charge is 0.396 e. The third-order valence-corrected chi connectivity index (χ3v) is 3.31. The predicted octanol–water partition coefficient (Wildman–Crippen LogP) is 2.02. The molecule has 0 saturated carbocycles. The molecule has 1 aliphatic rings. The lowest BCUT2D eigenvalue weighted by Crippen LogP contribution is -2.21. The first-order valence-electron chi connectivity index (χ1n) is 6.02. The third kappa shape index (κ3) is 2.35. The Hall–Kier alpha value is -1.09. The number of hydrogen-bond acceptors (Lipinski definition) is 3. The number of hydrogen-bond donors (Lipinski definition) is 1. The van der Waals surface area contributed by atoms with Crippen molar-refractivity contribution in [3.8, 4) is 0 Å². The minimum atomic E-state index is 0.292. The highest BCUT2D eigenvalue weighted by atomic mass is 16.3. The molecule has 88 valence electrons. The Morgan fingerprint density at radius 3 is 2.81 bits per heavy atom. The molecule has 1 saturated heterocycles. The van der Waals surface area contributed by atoms with E-state index >= 15 is 0 Å². The summed E-state index contributed by atoms with van der Waals surface area (Å²) >= 11 is 0. The highest BCUT2D eigenvalue weighted by Gasteiger charge is 2.22. The van der Waals surface area contributed by atoms with Crippen molar-refractivity contribution in [2.75, 3.05) is 24.6 Å². The smallest absolute Gasteiger partial charge is 0.128 e. The molecule has 1 fully saturated rings. The molecule has 0 spiro atoms. The van der Waals surface area contributed by atoms with Gasteiger partial charge >= 0.3 is 0 Å². The Balaban J connectivity index is 2.05. The Labute approximate surface area is 97.1 Å². The highest BCUT2D eigenvalue weighted by molar-refractivity contribution is 5.40. The summed E-state index contributed by atoms with van der Waals surface area (Å²) in [5.74, 6) is 2.00. The Kier molecular flexibility index (Phi) is 3.44. The fourth-order valence-electron chi connectivity index (χ4n) is 2.12. The van der Waals surface area contributed by atoms with Crippen LogP contribution in [0.15, 0.2) is 18.3 Å². The molecule has 2 rings (SSSR count). The summed E-state index contributed by atoms with van der Waals surface area (Å²) in [4.78, 5) is 6.75. The van der Waals surface area contributed by atoms with Crippen LogP contribution in [-0.4, -0.2) is 29.8 Å². The molecule has 0 radical (unpaired) electrons. The lowest BCUT2D eigenvalue weighted by atomic mass is 10.1. The fraction of sp³-hybridized carbons (Fsp3) is 0.615. The molecule has 0 aromatic carbocycles. The zero-order valence-corrected chi connectivity index (χ0v) is 10.1. The van der Waals surface area contributed by atoms with Crippen molar-refractivity contribution >= 4 is 5.82 Å². The Morgan fingerprint density at radius 2 is 2.31 bits per heavy atom. The monoisotopic (exact) mass is 220 g/mol. The van der Waals surface area contributed by atoms with Crippen LogP contribution in [0.1, 0.15) is 31.7 Å². The van der Waals surface area contributed by atoms with Crippen molar-refractivity contribution < 1.29 is 5.11 Å². The van der Waals surface area contributed by atoms with Crippen LogP contribution in [0.3, 0.4) is 0 Å². The Bertz CT molecular complexity index is 334. The van der Waals surface area contributed by atoms with Gasteiger partial charge in [0.25, 0.3) is 0 Å². The van der Waals surface area contributed by atoms with Crippen LogP contribution in [0, 0.1) is 5.92 Å². The number of aliphatic hydroxyl groups is 1. The van der Waals surface area contributed by atoms with E-state index in [4.69, 9.17) is 5.11 Å². The zero-order valence-electron chi connectivity index (χ0n) is 10.1. The molecule has 1 N–H and O–H groups in total. The van der Waals surface area contributed by atoms with E-state index in [-0.39, 0.29) is 0 Å². The quantitative estimate of drug-likeness (QED) is 0.846. The maximum absolute atomic E-state index is 9.10. The van der Waals surface area contributed by atoms with Crippen LogP contribution >= 0.6 is 0 Å². The molecule has 0 bridgehead atoms. The van der Waals surface area contributed by atoms with Crippen molar-refractivity contribution in [2.24, 2.45) is 5.92 Å². The summed E-state index contributed by atoms with van der Waals surface area (Å²) in [5, 5.41) is 9.10. The standard InChI is InChI=1S/C13H20N2O/c1-10(2)12-3-4-13(14-7-12)15-6-5-11(8-15)9-16/h3-4,7,10-11,16H,5-6,8-9H2,1-2H3/t11-/m1/s1. The van der Waals surface area contributed by atoms with Gasteiger partial charge < -0.3 is 10.0 Å². The van der Waals surface area contributed by atoms with Gasteiger partial charge in [-0.15, -0.1) is 0 Å². The molecular formula is C13H20N2O. The van der Waals surface area contributed by atoms with Crippen molar-refractivity contribution in [3.05, 3.63) is 23.9 Å². The minimum absolute atomic E-state index is 0.292. The molecule has 2 heterocycles. The highest BCUT2D eigenvalue weighted by Crippen LogP contribution is 2.23. The number of pyridine rings is 1. The van der Waals surface area contributed by atoms with Crippen LogP contribution in [0.4, 0.5) is 5.82 Å². The summed E-state index contributed by atoms with van der Waals surface area (Å²) in [6.45, 7) is 6.59. The molecule has 3 nitrogen and oxygen atoms in total. The summed E-state index contributed by atoms with van der Waals surface area (Å²) in [6.07, 6.45) is 3.04. The first kappa shape index (κ1) is 11.4. The number of anilines is 1. The number of nitrogens with zero attached hydrogens (tertiary/aromatic N) is 2. The van der Waals surface area contributed by atoms with E-state index in [0.717, 1.165) is 25.3 Å². The van der Waals surface area contributed by atoms with Crippen LogP contribution in [0.5, 0.6) is 0 Å². The molecule has 0 aliphatic carbocycles. The van der Waals surface area contributed by atoms with E-state index in [1.165, 1.54) is 5.56 Å². The summed E-state index contributed by atoms with van der Waals surface area (Å²) in [7, 11) is 0. The molecule has 1 aromatic rings. The minimum Gasteiger partial charge on any atom is -0.396 e. The topological polar surface area (TPSA) is 36.4 Å². The van der Waals surface area contributed by atoms with Crippen LogP contribution in [0.25, 0.3) is 0 Å². The fourth-order valence-corrected chi connectivity index (χ4v) is 2.12. The third-order valence-electron chi connectivity index (χ3n) is 3.31. The lowest BCUT2D eigenvalue weighted by molar-refractivity contribution is 0.238. The number of rotatable bonds is 3. The first-order chi connectivity index (χ1) is 7.70. The second-order valence-electron chi connectivity index (χ2n) is 4.89. The van der Waals surface area contributed by atoms with Crippen LogP contribution in [-0.2, 0) is 0 Å². The average molecular weight is 220 g/mol. The maximum atomic E-state index is 9.10. The zero-order chi connectivity index (χ0) is 11.5. The molecular weight excluding hydrogens is 200 g/mol. The van der Waals surface area contributed by atoms with Gasteiger partial charge in [-0.1, -0.05) is 19.9 Å². The SMILES string of the molecule is CC(C)c1ccc(N2CC[C@@H](CO)C2)nc1. The van der Waals surface area contributed by atoms with Gasteiger partial charge in [-0.25, -0.2) is 4.98 Å². The van der Waals surface area contributed by atoms with E-state index in [9.17, 15) is 0 Å². The number of aromatic nitrogens is 1. The van der Waals surface area contributed by atoms with Gasteiger partial charge in [0.1, 0.15) is 5.82 Å². The first-order valence-corrected chi connectivity index (χ1v) is 6.02. The summed E-state index contributed by atoms with van der Waals surface area (Å²) in [5.41, 5.74) is 1.28. The van der Waals surface area contributed by atoms with Crippen molar-refractivity contribution in [2.45, 2.75) is 26.2 Å². The van der Waals surface area contributed by atoms with Gasteiger partial charge in [0, 0.05) is 31.8 Å². The van der Waals surface area contributed by atoms with E-state index in [2.05, 4.69) is 35.9 Å². The summed E-state index contributed by atoms with van der Waals surface area (Å²) < 4.78 is 0. The lowest BCUT2D eigenvalue weighted by Gasteiger charge is -2.17. The second kappa shape index (κ2) is 4.83. The van der Waals surface area contributed by atoms with Crippen molar-refractivity contribution in [3.63, 3.8) is 0 Å². The normalized spacial score (nSPS) is 20.8. The molecule has 0 unspecified atom stereocenters. The second-order valence-corrected chi connectivity index (χ2v) is 4.89.